The van der Waals surface area contributed by atoms with Gasteiger partial charge in [-0.3, -0.25) is 14.4 Å². The molecule has 2 aromatic carbocycles. The van der Waals surface area contributed by atoms with Crippen molar-refractivity contribution in [3.63, 3.8) is 0 Å². The zero-order chi connectivity index (χ0) is 27.8. The van der Waals surface area contributed by atoms with Gasteiger partial charge in [0.25, 0.3) is 0 Å². The van der Waals surface area contributed by atoms with Crippen molar-refractivity contribution in [1.82, 2.24) is 24.9 Å². The highest BCUT2D eigenvalue weighted by atomic mass is 16.5. The van der Waals surface area contributed by atoms with Crippen LogP contribution < -0.4 is 10.1 Å². The van der Waals surface area contributed by atoms with Crippen molar-refractivity contribution in [2.45, 2.75) is 32.8 Å². The lowest BCUT2D eigenvalue weighted by Crippen LogP contribution is -2.48. The molecule has 1 aromatic heterocycles. The molecule has 0 spiro atoms. The van der Waals surface area contributed by atoms with Gasteiger partial charge in [-0.25, -0.2) is 0 Å². The normalized spacial score (nSPS) is 15.3. The number of carbonyl (C=O) groups is 1. The van der Waals surface area contributed by atoms with Crippen molar-refractivity contribution in [3.8, 4) is 28.3 Å². The summed E-state index contributed by atoms with van der Waals surface area (Å²) in [5, 5.41) is 27.0. The number of likely N-dealkylation sites (N-methyl/N-ethyl adjacent to an activating group) is 1. The van der Waals surface area contributed by atoms with Crippen LogP contribution in [0.3, 0.4) is 0 Å². The third-order valence-corrected chi connectivity index (χ3v) is 6.98. The lowest BCUT2D eigenvalue weighted by Gasteiger charge is -2.32. The second-order valence-electron chi connectivity index (χ2n) is 10.7. The molecule has 1 amide bonds. The van der Waals surface area contributed by atoms with E-state index in [4.69, 9.17) is 9.84 Å². The van der Waals surface area contributed by atoms with E-state index in [0.717, 1.165) is 61.0 Å². The lowest BCUT2D eigenvalue weighted by molar-refractivity contribution is -0.122. The average molecular weight is 533 g/mol. The van der Waals surface area contributed by atoms with Gasteiger partial charge in [0, 0.05) is 38.3 Å². The first-order chi connectivity index (χ1) is 18.8. The molecular formula is C29H40BN5O4. The van der Waals surface area contributed by atoms with Gasteiger partial charge in [-0.05, 0) is 43.1 Å². The highest BCUT2D eigenvalue weighted by molar-refractivity contribution is 6.43. The molecule has 1 saturated heterocycles. The number of amides is 1. The minimum absolute atomic E-state index is 0.0489. The van der Waals surface area contributed by atoms with Crippen LogP contribution in [-0.4, -0.2) is 95.0 Å². The first-order valence-corrected chi connectivity index (χ1v) is 13.7. The van der Waals surface area contributed by atoms with Crippen molar-refractivity contribution in [3.05, 3.63) is 60.7 Å². The quantitative estimate of drug-likeness (QED) is 0.307. The van der Waals surface area contributed by atoms with Crippen LogP contribution in [0.15, 0.2) is 60.7 Å². The predicted molar refractivity (Wildman–Crippen MR) is 154 cm³/mol. The standard InChI is InChI=1S/C29H40BN5O4/c1-22(2)18-28(30(37)38)31-29(36)21-35-27(23-8-5-4-6-9-23)20-26(32-35)24-10-7-11-25(19-24)39-17-16-34-14-12-33(3)13-15-34/h4-11,19-20,22,28,37-38H,12-18,21H2,1-3H3,(H,31,36). The fourth-order valence-electron chi connectivity index (χ4n) is 4.78. The first kappa shape index (κ1) is 28.8. The lowest BCUT2D eigenvalue weighted by atomic mass is 9.75. The molecule has 3 N–H and O–H groups in total. The van der Waals surface area contributed by atoms with E-state index in [-0.39, 0.29) is 18.4 Å². The molecule has 2 heterocycles. The summed E-state index contributed by atoms with van der Waals surface area (Å²) in [6.45, 7) is 9.68. The Morgan fingerprint density at radius 1 is 1.03 bits per heavy atom. The highest BCUT2D eigenvalue weighted by Gasteiger charge is 2.26. The summed E-state index contributed by atoms with van der Waals surface area (Å²) >= 11 is 0. The van der Waals surface area contributed by atoms with E-state index >= 15 is 0 Å². The smallest absolute Gasteiger partial charge is 0.475 e. The number of piperazine rings is 1. The van der Waals surface area contributed by atoms with Gasteiger partial charge in [-0.1, -0.05) is 56.3 Å². The number of nitrogens with zero attached hydrogens (tertiary/aromatic N) is 4. The molecule has 1 aliphatic heterocycles. The van der Waals surface area contributed by atoms with Gasteiger partial charge in [-0.15, -0.1) is 0 Å². The number of hydrogen-bond donors (Lipinski definition) is 3. The van der Waals surface area contributed by atoms with Crippen molar-refractivity contribution >= 4 is 13.0 Å². The van der Waals surface area contributed by atoms with Gasteiger partial charge in [-0.2, -0.15) is 5.10 Å². The average Bonchev–Trinajstić information content (AvgIpc) is 3.33. The van der Waals surface area contributed by atoms with E-state index in [9.17, 15) is 14.8 Å². The Labute approximate surface area is 231 Å². The van der Waals surface area contributed by atoms with Gasteiger partial charge in [0.15, 0.2) is 0 Å². The Hall–Kier alpha value is -3.18. The second-order valence-corrected chi connectivity index (χ2v) is 10.7. The Kier molecular flexibility index (Phi) is 10.2. The van der Waals surface area contributed by atoms with Crippen LogP contribution in [0, 0.1) is 5.92 Å². The molecular weight excluding hydrogens is 493 g/mol. The first-order valence-electron chi connectivity index (χ1n) is 13.7. The summed E-state index contributed by atoms with van der Waals surface area (Å²) in [6, 6.07) is 19.6. The van der Waals surface area contributed by atoms with Gasteiger partial charge in [0.2, 0.25) is 5.91 Å². The van der Waals surface area contributed by atoms with E-state index in [1.807, 2.05) is 74.5 Å². The van der Waals surface area contributed by atoms with E-state index in [0.29, 0.717) is 13.0 Å². The number of hydrogen-bond acceptors (Lipinski definition) is 7. The van der Waals surface area contributed by atoms with Gasteiger partial charge in [0.1, 0.15) is 18.9 Å². The zero-order valence-electron chi connectivity index (χ0n) is 23.2. The van der Waals surface area contributed by atoms with Gasteiger partial charge < -0.3 is 25.0 Å². The Balaban J connectivity index is 1.49. The molecule has 9 nitrogen and oxygen atoms in total. The highest BCUT2D eigenvalue weighted by Crippen LogP contribution is 2.28. The predicted octanol–water partition coefficient (Wildman–Crippen LogP) is 2.39. The molecule has 0 saturated carbocycles. The van der Waals surface area contributed by atoms with Crippen molar-refractivity contribution in [2.75, 3.05) is 46.4 Å². The molecule has 1 fully saturated rings. The van der Waals surface area contributed by atoms with Gasteiger partial charge >= 0.3 is 7.12 Å². The number of carbonyl (C=O) groups excluding carboxylic acids is 1. The summed E-state index contributed by atoms with van der Waals surface area (Å²) in [6.07, 6.45) is 0.459. The molecule has 0 bridgehead atoms. The monoisotopic (exact) mass is 533 g/mol. The molecule has 10 heteroatoms. The fraction of sp³-hybridized carbons (Fsp3) is 0.448. The maximum atomic E-state index is 12.9. The third-order valence-electron chi connectivity index (χ3n) is 6.98. The molecule has 1 atom stereocenters. The molecule has 3 aromatic rings. The van der Waals surface area contributed by atoms with Crippen LogP contribution in [0.4, 0.5) is 0 Å². The molecule has 1 aliphatic rings. The molecule has 208 valence electrons. The maximum Gasteiger partial charge on any atom is 0.475 e. The van der Waals surface area contributed by atoms with Crippen molar-refractivity contribution in [1.29, 1.82) is 0 Å². The van der Waals surface area contributed by atoms with Crippen LogP contribution in [0.2, 0.25) is 0 Å². The van der Waals surface area contributed by atoms with E-state index in [1.54, 1.807) is 4.68 Å². The van der Waals surface area contributed by atoms with Crippen LogP contribution in [-0.2, 0) is 11.3 Å². The summed E-state index contributed by atoms with van der Waals surface area (Å²) in [5.41, 5.74) is 3.36. The van der Waals surface area contributed by atoms with Crippen molar-refractivity contribution in [2.24, 2.45) is 5.92 Å². The molecule has 0 radical (unpaired) electrons. The van der Waals surface area contributed by atoms with E-state index < -0.39 is 13.1 Å². The molecule has 0 aliphatic carbocycles. The van der Waals surface area contributed by atoms with Gasteiger partial charge in [0.05, 0.1) is 17.3 Å². The Morgan fingerprint density at radius 2 is 1.74 bits per heavy atom. The number of benzene rings is 2. The SMILES string of the molecule is CC(C)CC(NC(=O)Cn1nc(-c2cccc(OCCN3CCN(C)CC3)c2)cc1-c1ccccc1)B(O)O. The summed E-state index contributed by atoms with van der Waals surface area (Å²) in [4.78, 5) is 17.7. The van der Waals surface area contributed by atoms with Crippen LogP contribution >= 0.6 is 0 Å². The number of rotatable bonds is 12. The zero-order valence-corrected chi connectivity index (χ0v) is 23.2. The van der Waals surface area contributed by atoms with Crippen LogP contribution in [0.1, 0.15) is 20.3 Å². The van der Waals surface area contributed by atoms with Crippen molar-refractivity contribution < 1.29 is 19.6 Å². The fourth-order valence-corrected chi connectivity index (χ4v) is 4.78. The molecule has 4 rings (SSSR count). The molecule has 39 heavy (non-hydrogen) atoms. The minimum Gasteiger partial charge on any atom is -0.492 e. The number of ether oxygens (including phenoxy) is 1. The third kappa shape index (κ3) is 8.40. The minimum atomic E-state index is -1.63. The summed E-state index contributed by atoms with van der Waals surface area (Å²) in [5.74, 6) is -0.0954. The summed E-state index contributed by atoms with van der Waals surface area (Å²) < 4.78 is 7.74. The van der Waals surface area contributed by atoms with Crippen LogP contribution in [0.25, 0.3) is 22.5 Å². The van der Waals surface area contributed by atoms with E-state index in [1.165, 1.54) is 0 Å². The summed E-state index contributed by atoms with van der Waals surface area (Å²) in [7, 11) is 0.524. The Bertz CT molecular complexity index is 1200. The number of nitrogens with one attached hydrogen (secondary N) is 1. The second kappa shape index (κ2) is 13.8. The largest absolute Gasteiger partial charge is 0.492 e. The Morgan fingerprint density at radius 3 is 2.44 bits per heavy atom. The van der Waals surface area contributed by atoms with E-state index in [2.05, 4.69) is 22.2 Å². The topological polar surface area (TPSA) is 103 Å². The number of aromatic nitrogens is 2. The maximum absolute atomic E-state index is 12.9. The van der Waals surface area contributed by atoms with Crippen LogP contribution in [0.5, 0.6) is 5.75 Å². The molecule has 1 unspecified atom stereocenters.